The predicted molar refractivity (Wildman–Crippen MR) is 121 cm³/mol. The van der Waals surface area contributed by atoms with Crippen LogP contribution in [0.5, 0.6) is 11.5 Å². The number of methoxy groups -OCH3 is 1. The van der Waals surface area contributed by atoms with E-state index < -0.39 is 0 Å². The Balaban J connectivity index is 1.52. The van der Waals surface area contributed by atoms with Gasteiger partial charge in [-0.3, -0.25) is 9.69 Å². The van der Waals surface area contributed by atoms with E-state index >= 15 is 0 Å². The summed E-state index contributed by atoms with van der Waals surface area (Å²) in [5.74, 6) is 1.18. The van der Waals surface area contributed by atoms with Crippen molar-refractivity contribution in [1.82, 2.24) is 9.80 Å². The lowest BCUT2D eigenvalue weighted by Crippen LogP contribution is -2.38. The van der Waals surface area contributed by atoms with Crippen LogP contribution in [0.2, 0.25) is 0 Å². The molecule has 1 saturated heterocycles. The highest BCUT2D eigenvalue weighted by molar-refractivity contribution is 5.78. The number of hydrogen-bond donors (Lipinski definition) is 0. The Bertz CT molecular complexity index is 947. The van der Waals surface area contributed by atoms with Crippen molar-refractivity contribution in [3.63, 3.8) is 0 Å². The maximum absolute atomic E-state index is 12.7. The SMILES string of the molecule is C/C=C/c1ccc(OCC(=O)N2CCCN(Cc3ccc(C#N)cc3)CC2)c(OC)c1. The molecule has 0 aromatic heterocycles. The van der Waals surface area contributed by atoms with Crippen molar-refractivity contribution in [3.05, 3.63) is 65.2 Å². The molecule has 6 nitrogen and oxygen atoms in total. The second-order valence-electron chi connectivity index (χ2n) is 7.52. The van der Waals surface area contributed by atoms with E-state index in [1.54, 1.807) is 7.11 Å². The summed E-state index contributed by atoms with van der Waals surface area (Å²) in [5.41, 5.74) is 2.87. The zero-order chi connectivity index (χ0) is 22.1. The average Bonchev–Trinajstić information content (AvgIpc) is 3.04. The second kappa shape index (κ2) is 11.2. The molecular weight excluding hydrogens is 390 g/mol. The van der Waals surface area contributed by atoms with Crippen molar-refractivity contribution in [2.45, 2.75) is 19.9 Å². The van der Waals surface area contributed by atoms with Gasteiger partial charge in [-0.1, -0.05) is 30.4 Å². The summed E-state index contributed by atoms with van der Waals surface area (Å²) in [6, 6.07) is 15.5. The molecule has 3 rings (SSSR count). The molecule has 0 saturated carbocycles. The van der Waals surface area contributed by atoms with Crippen molar-refractivity contribution in [2.24, 2.45) is 0 Å². The maximum Gasteiger partial charge on any atom is 0.260 e. The highest BCUT2D eigenvalue weighted by Gasteiger charge is 2.20. The number of carbonyl (C=O) groups is 1. The number of nitrogens with zero attached hydrogens (tertiary/aromatic N) is 3. The minimum Gasteiger partial charge on any atom is -0.493 e. The molecule has 1 amide bonds. The molecule has 2 aromatic carbocycles. The molecule has 1 fully saturated rings. The molecule has 0 N–H and O–H groups in total. The molecule has 0 aliphatic carbocycles. The monoisotopic (exact) mass is 419 g/mol. The zero-order valence-corrected chi connectivity index (χ0v) is 18.2. The van der Waals surface area contributed by atoms with Gasteiger partial charge in [-0.25, -0.2) is 0 Å². The third kappa shape index (κ3) is 6.34. The van der Waals surface area contributed by atoms with Crippen LogP contribution in [0.3, 0.4) is 0 Å². The van der Waals surface area contributed by atoms with E-state index in [2.05, 4.69) is 11.0 Å². The van der Waals surface area contributed by atoms with Gasteiger partial charge >= 0.3 is 0 Å². The second-order valence-corrected chi connectivity index (χ2v) is 7.52. The molecule has 1 aliphatic heterocycles. The van der Waals surface area contributed by atoms with Gasteiger partial charge in [0.25, 0.3) is 5.91 Å². The standard InChI is InChI=1S/C25H29N3O3/c1-3-5-20-10-11-23(24(16-20)30-2)31-19-25(29)28-13-4-12-27(14-15-28)18-22-8-6-21(17-26)7-9-22/h3,5-11,16H,4,12-15,18-19H2,1-2H3/b5-3+. The fourth-order valence-electron chi connectivity index (χ4n) is 3.65. The first-order valence-electron chi connectivity index (χ1n) is 10.6. The first-order valence-corrected chi connectivity index (χ1v) is 10.6. The normalized spacial score (nSPS) is 14.8. The number of ether oxygens (including phenoxy) is 2. The Hall–Kier alpha value is -3.30. The Labute approximate surface area is 184 Å². The molecular formula is C25H29N3O3. The van der Waals surface area contributed by atoms with Crippen LogP contribution in [0.15, 0.2) is 48.5 Å². The Morgan fingerprint density at radius 1 is 1.10 bits per heavy atom. The topological polar surface area (TPSA) is 65.8 Å². The Kier molecular flexibility index (Phi) is 8.08. The van der Waals surface area contributed by atoms with E-state index in [4.69, 9.17) is 14.7 Å². The quantitative estimate of drug-likeness (QED) is 0.684. The van der Waals surface area contributed by atoms with E-state index in [0.717, 1.165) is 38.2 Å². The number of allylic oxidation sites excluding steroid dienone is 1. The first-order chi connectivity index (χ1) is 15.1. The first kappa shape index (κ1) is 22.4. The summed E-state index contributed by atoms with van der Waals surface area (Å²) in [6.07, 6.45) is 4.87. The van der Waals surface area contributed by atoms with Gasteiger partial charge in [0.05, 0.1) is 18.7 Å². The summed E-state index contributed by atoms with van der Waals surface area (Å²) < 4.78 is 11.2. The van der Waals surface area contributed by atoms with Crippen LogP contribution in [0, 0.1) is 11.3 Å². The van der Waals surface area contributed by atoms with Gasteiger partial charge < -0.3 is 14.4 Å². The van der Waals surface area contributed by atoms with Crippen LogP contribution in [0.1, 0.15) is 30.0 Å². The fourth-order valence-corrected chi connectivity index (χ4v) is 3.65. The molecule has 6 heteroatoms. The summed E-state index contributed by atoms with van der Waals surface area (Å²) >= 11 is 0. The van der Waals surface area contributed by atoms with Crippen LogP contribution in [-0.4, -0.2) is 55.6 Å². The molecule has 1 aliphatic rings. The van der Waals surface area contributed by atoms with Gasteiger partial charge in [0, 0.05) is 32.7 Å². The minimum atomic E-state index is -0.0141. The molecule has 0 bridgehead atoms. The predicted octanol–water partition coefficient (Wildman–Crippen LogP) is 3.71. The van der Waals surface area contributed by atoms with Crippen LogP contribution >= 0.6 is 0 Å². The third-order valence-corrected chi connectivity index (χ3v) is 5.33. The smallest absolute Gasteiger partial charge is 0.260 e. The van der Waals surface area contributed by atoms with E-state index in [9.17, 15) is 4.79 Å². The van der Waals surface area contributed by atoms with Gasteiger partial charge in [-0.05, 0) is 48.7 Å². The highest BCUT2D eigenvalue weighted by atomic mass is 16.5. The van der Waals surface area contributed by atoms with E-state index in [0.29, 0.717) is 23.6 Å². The average molecular weight is 420 g/mol. The van der Waals surface area contributed by atoms with Gasteiger partial charge in [0.2, 0.25) is 0 Å². The number of benzene rings is 2. The largest absolute Gasteiger partial charge is 0.493 e. The fraction of sp³-hybridized carbons (Fsp3) is 0.360. The molecule has 0 radical (unpaired) electrons. The van der Waals surface area contributed by atoms with Crippen LogP contribution in [0.4, 0.5) is 0 Å². The third-order valence-electron chi connectivity index (χ3n) is 5.33. The van der Waals surface area contributed by atoms with Crippen molar-refractivity contribution >= 4 is 12.0 Å². The summed E-state index contributed by atoms with van der Waals surface area (Å²) in [7, 11) is 1.60. The van der Waals surface area contributed by atoms with Crippen molar-refractivity contribution in [3.8, 4) is 17.6 Å². The lowest BCUT2D eigenvalue weighted by atomic mass is 10.1. The van der Waals surface area contributed by atoms with Gasteiger partial charge in [0.15, 0.2) is 18.1 Å². The summed E-state index contributed by atoms with van der Waals surface area (Å²) in [6.45, 7) is 5.93. The number of carbonyl (C=O) groups excluding carboxylic acids is 1. The minimum absolute atomic E-state index is 0.00501. The molecule has 1 heterocycles. The Morgan fingerprint density at radius 3 is 2.61 bits per heavy atom. The number of hydrogen-bond acceptors (Lipinski definition) is 5. The lowest BCUT2D eigenvalue weighted by Gasteiger charge is -2.22. The van der Waals surface area contributed by atoms with Crippen molar-refractivity contribution in [1.29, 1.82) is 5.26 Å². The number of rotatable bonds is 7. The van der Waals surface area contributed by atoms with Gasteiger partial charge in [-0.2, -0.15) is 5.26 Å². The maximum atomic E-state index is 12.7. The molecule has 2 aromatic rings. The van der Waals surface area contributed by atoms with Crippen LogP contribution in [-0.2, 0) is 11.3 Å². The molecule has 0 atom stereocenters. The summed E-state index contributed by atoms with van der Waals surface area (Å²) in [4.78, 5) is 16.9. The molecule has 31 heavy (non-hydrogen) atoms. The molecule has 0 spiro atoms. The van der Waals surface area contributed by atoms with Gasteiger partial charge in [-0.15, -0.1) is 0 Å². The van der Waals surface area contributed by atoms with Crippen molar-refractivity contribution < 1.29 is 14.3 Å². The summed E-state index contributed by atoms with van der Waals surface area (Å²) in [5, 5.41) is 8.93. The van der Waals surface area contributed by atoms with Crippen LogP contribution in [0.25, 0.3) is 6.08 Å². The van der Waals surface area contributed by atoms with E-state index in [-0.39, 0.29) is 12.5 Å². The lowest BCUT2D eigenvalue weighted by molar-refractivity contribution is -0.133. The van der Waals surface area contributed by atoms with E-state index in [1.807, 2.05) is 66.4 Å². The highest BCUT2D eigenvalue weighted by Crippen LogP contribution is 2.28. The molecule has 0 unspecified atom stereocenters. The van der Waals surface area contributed by atoms with Crippen molar-refractivity contribution in [2.75, 3.05) is 39.9 Å². The molecule has 162 valence electrons. The van der Waals surface area contributed by atoms with E-state index in [1.165, 1.54) is 5.56 Å². The zero-order valence-electron chi connectivity index (χ0n) is 18.2. The Morgan fingerprint density at radius 2 is 1.90 bits per heavy atom. The van der Waals surface area contributed by atoms with Crippen LogP contribution < -0.4 is 9.47 Å². The number of nitriles is 1. The number of amides is 1. The van der Waals surface area contributed by atoms with Gasteiger partial charge in [0.1, 0.15) is 0 Å².